The molecule has 2 heteroatoms. The fourth-order valence-electron chi connectivity index (χ4n) is 1.77. The van der Waals surface area contributed by atoms with E-state index >= 15 is 0 Å². The molecule has 0 heterocycles. The Hall–Kier alpha value is -1.41. The molecule has 0 aliphatic rings. The first-order valence-electron chi connectivity index (χ1n) is 5.75. The van der Waals surface area contributed by atoms with Crippen LogP contribution in [-0.2, 0) is 17.2 Å². The molecule has 0 radical (unpaired) electrons. The number of aryl methyl sites for hydroxylation is 2. The van der Waals surface area contributed by atoms with Gasteiger partial charge in [0.2, 0.25) is 0 Å². The lowest BCUT2D eigenvalue weighted by Crippen LogP contribution is -2.01. The Balaban J connectivity index is 1.97. The largest absolute Gasteiger partial charge is 0.254 e. The molecule has 2 rings (SSSR count). The summed E-state index contributed by atoms with van der Waals surface area (Å²) >= 11 is 0. The zero-order valence-electron chi connectivity index (χ0n) is 9.93. The van der Waals surface area contributed by atoms with Crippen LogP contribution in [0.2, 0.25) is 0 Å². The van der Waals surface area contributed by atoms with Crippen molar-refractivity contribution in [1.82, 2.24) is 0 Å². The summed E-state index contributed by atoms with van der Waals surface area (Å²) in [6, 6.07) is 18.0. The van der Waals surface area contributed by atoms with Crippen LogP contribution >= 0.6 is 0 Å². The second kappa shape index (κ2) is 5.78. The molecule has 0 saturated heterocycles. The summed E-state index contributed by atoms with van der Waals surface area (Å²) in [4.78, 5) is 0.917. The highest BCUT2D eigenvalue weighted by Gasteiger charge is 2.03. The number of hydrogen-bond acceptors (Lipinski definition) is 1. The Labute approximate surface area is 105 Å². The van der Waals surface area contributed by atoms with Crippen LogP contribution in [0, 0.1) is 6.92 Å². The standard InChI is InChI=1S/C15H16OS/c1-13-6-5-7-14(12-13)10-11-17(16)15-8-3-2-4-9-15/h2-9,12H,10-11H2,1H3. The molecular weight excluding hydrogens is 228 g/mol. The average Bonchev–Trinajstić information content (AvgIpc) is 2.37. The second-order valence-corrected chi connectivity index (χ2v) is 5.67. The first-order chi connectivity index (χ1) is 8.25. The van der Waals surface area contributed by atoms with E-state index in [-0.39, 0.29) is 0 Å². The lowest BCUT2D eigenvalue weighted by Gasteiger charge is -2.03. The smallest absolute Gasteiger partial charge is 0.0532 e. The van der Waals surface area contributed by atoms with Crippen molar-refractivity contribution in [3.8, 4) is 0 Å². The molecule has 1 nitrogen and oxygen atoms in total. The second-order valence-electron chi connectivity index (χ2n) is 4.10. The minimum absolute atomic E-state index is 0.688. The molecule has 2 aromatic carbocycles. The van der Waals surface area contributed by atoms with Gasteiger partial charge >= 0.3 is 0 Å². The highest BCUT2D eigenvalue weighted by molar-refractivity contribution is 7.85. The molecule has 1 atom stereocenters. The van der Waals surface area contributed by atoms with E-state index in [1.54, 1.807) is 0 Å². The van der Waals surface area contributed by atoms with Crippen molar-refractivity contribution in [3.63, 3.8) is 0 Å². The van der Waals surface area contributed by atoms with Crippen molar-refractivity contribution >= 4 is 10.8 Å². The van der Waals surface area contributed by atoms with E-state index in [0.29, 0.717) is 5.75 Å². The Morgan fingerprint density at radius 1 is 1.00 bits per heavy atom. The van der Waals surface area contributed by atoms with Gasteiger partial charge in [0.25, 0.3) is 0 Å². The molecule has 1 unspecified atom stereocenters. The molecule has 0 aromatic heterocycles. The third kappa shape index (κ3) is 3.53. The third-order valence-corrected chi connectivity index (χ3v) is 4.04. The van der Waals surface area contributed by atoms with E-state index in [1.165, 1.54) is 11.1 Å². The molecular formula is C15H16OS. The lowest BCUT2D eigenvalue weighted by atomic mass is 10.1. The van der Waals surface area contributed by atoms with Crippen molar-refractivity contribution in [2.75, 3.05) is 5.75 Å². The van der Waals surface area contributed by atoms with Crippen LogP contribution in [0.1, 0.15) is 11.1 Å². The molecule has 0 N–H and O–H groups in total. The predicted octanol–water partition coefficient (Wildman–Crippen LogP) is 3.35. The quantitative estimate of drug-likeness (QED) is 0.806. The maximum atomic E-state index is 12.0. The van der Waals surface area contributed by atoms with Crippen molar-refractivity contribution in [3.05, 3.63) is 65.7 Å². The molecule has 2 aromatic rings. The minimum atomic E-state index is -0.891. The fraction of sp³-hybridized carbons (Fsp3) is 0.200. The van der Waals surface area contributed by atoms with Gasteiger partial charge in [0, 0.05) is 10.6 Å². The van der Waals surface area contributed by atoms with Crippen LogP contribution < -0.4 is 0 Å². The lowest BCUT2D eigenvalue weighted by molar-refractivity contribution is 0.682. The maximum absolute atomic E-state index is 12.0. The van der Waals surface area contributed by atoms with E-state index in [4.69, 9.17) is 0 Å². The average molecular weight is 244 g/mol. The number of hydrogen-bond donors (Lipinski definition) is 0. The third-order valence-electron chi connectivity index (χ3n) is 2.66. The summed E-state index contributed by atoms with van der Waals surface area (Å²) in [5, 5.41) is 0. The van der Waals surface area contributed by atoms with Crippen molar-refractivity contribution in [2.24, 2.45) is 0 Å². The summed E-state index contributed by atoms with van der Waals surface area (Å²) < 4.78 is 12.0. The Morgan fingerprint density at radius 3 is 2.47 bits per heavy atom. The first-order valence-corrected chi connectivity index (χ1v) is 7.06. The van der Waals surface area contributed by atoms with E-state index in [1.807, 2.05) is 30.3 Å². The van der Waals surface area contributed by atoms with E-state index in [0.717, 1.165) is 11.3 Å². The zero-order valence-corrected chi connectivity index (χ0v) is 10.7. The van der Waals surface area contributed by atoms with Crippen LogP contribution in [0.25, 0.3) is 0 Å². The van der Waals surface area contributed by atoms with Crippen LogP contribution in [-0.4, -0.2) is 9.96 Å². The highest BCUT2D eigenvalue weighted by atomic mass is 32.2. The van der Waals surface area contributed by atoms with Crippen LogP contribution in [0.15, 0.2) is 59.5 Å². The monoisotopic (exact) mass is 244 g/mol. The summed E-state index contributed by atoms with van der Waals surface area (Å²) in [5.74, 6) is 0.688. The van der Waals surface area contributed by atoms with Gasteiger partial charge in [-0.3, -0.25) is 4.21 Å². The van der Waals surface area contributed by atoms with E-state index in [2.05, 4.69) is 31.2 Å². The SMILES string of the molecule is Cc1cccc(CCS(=O)c2ccccc2)c1. The first kappa shape index (κ1) is 12.1. The van der Waals surface area contributed by atoms with Gasteiger partial charge in [0.15, 0.2) is 0 Å². The van der Waals surface area contributed by atoms with Gasteiger partial charge in [0.1, 0.15) is 0 Å². The predicted molar refractivity (Wildman–Crippen MR) is 72.6 cm³/mol. The van der Waals surface area contributed by atoms with Crippen molar-refractivity contribution < 1.29 is 4.21 Å². The Kier molecular flexibility index (Phi) is 4.10. The molecule has 17 heavy (non-hydrogen) atoms. The molecule has 0 amide bonds. The Morgan fingerprint density at radius 2 is 1.76 bits per heavy atom. The molecule has 0 aliphatic heterocycles. The zero-order chi connectivity index (χ0) is 12.1. The molecule has 0 bridgehead atoms. The van der Waals surface area contributed by atoms with Gasteiger partial charge in [-0.2, -0.15) is 0 Å². The van der Waals surface area contributed by atoms with Crippen LogP contribution in [0.3, 0.4) is 0 Å². The maximum Gasteiger partial charge on any atom is 0.0532 e. The summed E-state index contributed by atoms with van der Waals surface area (Å²) in [5.41, 5.74) is 2.52. The highest BCUT2D eigenvalue weighted by Crippen LogP contribution is 2.09. The van der Waals surface area contributed by atoms with Crippen molar-refractivity contribution in [2.45, 2.75) is 18.2 Å². The van der Waals surface area contributed by atoms with Gasteiger partial charge < -0.3 is 0 Å². The summed E-state index contributed by atoms with van der Waals surface area (Å²) in [6.07, 6.45) is 0.864. The summed E-state index contributed by atoms with van der Waals surface area (Å²) in [7, 11) is -0.891. The van der Waals surface area contributed by atoms with Crippen LogP contribution in [0.5, 0.6) is 0 Å². The van der Waals surface area contributed by atoms with Gasteiger partial charge in [-0.1, -0.05) is 48.0 Å². The minimum Gasteiger partial charge on any atom is -0.254 e. The van der Waals surface area contributed by atoms with Gasteiger partial charge in [0.05, 0.1) is 10.8 Å². The molecule has 88 valence electrons. The molecule has 0 saturated carbocycles. The fourth-order valence-corrected chi connectivity index (χ4v) is 2.89. The van der Waals surface area contributed by atoms with E-state index < -0.39 is 10.8 Å². The topological polar surface area (TPSA) is 17.1 Å². The normalized spacial score (nSPS) is 12.3. The van der Waals surface area contributed by atoms with Gasteiger partial charge in [-0.25, -0.2) is 0 Å². The van der Waals surface area contributed by atoms with Crippen molar-refractivity contribution in [1.29, 1.82) is 0 Å². The van der Waals surface area contributed by atoms with Gasteiger partial charge in [-0.05, 0) is 31.0 Å². The van der Waals surface area contributed by atoms with Crippen LogP contribution in [0.4, 0.5) is 0 Å². The van der Waals surface area contributed by atoms with Gasteiger partial charge in [-0.15, -0.1) is 0 Å². The molecule has 0 fully saturated rings. The molecule has 0 spiro atoms. The number of benzene rings is 2. The number of rotatable bonds is 4. The Bertz CT molecular complexity index is 505. The molecule has 0 aliphatic carbocycles. The summed E-state index contributed by atoms with van der Waals surface area (Å²) in [6.45, 7) is 2.08. The van der Waals surface area contributed by atoms with E-state index in [9.17, 15) is 4.21 Å².